The number of carbonyl (C=O) groups excluding carboxylic acids is 2. The number of amides is 1. The fraction of sp³-hybridized carbons (Fsp3) is 0.619. The lowest BCUT2D eigenvalue weighted by Crippen LogP contribution is -2.55. The zero-order chi connectivity index (χ0) is 18.7. The van der Waals surface area contributed by atoms with Crippen molar-refractivity contribution < 1.29 is 14.3 Å². The Morgan fingerprint density at radius 2 is 1.85 bits per heavy atom. The predicted molar refractivity (Wildman–Crippen MR) is 102 cm³/mol. The molecule has 1 aromatic rings. The molecule has 1 N–H and O–H groups in total. The summed E-state index contributed by atoms with van der Waals surface area (Å²) in [5, 5.41) is 3.38. The third kappa shape index (κ3) is 4.64. The first kappa shape index (κ1) is 18.9. The Bertz CT molecular complexity index is 628. The van der Waals surface area contributed by atoms with E-state index in [2.05, 4.69) is 5.32 Å². The Morgan fingerprint density at radius 1 is 1.15 bits per heavy atom. The molecule has 3 rings (SSSR count). The minimum absolute atomic E-state index is 0.0386. The number of para-hydroxylation sites is 1. The van der Waals surface area contributed by atoms with E-state index in [1.165, 1.54) is 0 Å². The van der Waals surface area contributed by atoms with Gasteiger partial charge in [-0.3, -0.25) is 9.69 Å². The molecule has 142 valence electrons. The third-order valence-corrected chi connectivity index (χ3v) is 4.91. The minimum Gasteiger partial charge on any atom is -0.458 e. The molecule has 5 heteroatoms. The lowest BCUT2D eigenvalue weighted by Gasteiger charge is -2.38. The number of nitrogens with one attached hydrogen (secondary N) is 1. The van der Waals surface area contributed by atoms with E-state index in [9.17, 15) is 9.59 Å². The normalized spacial score (nSPS) is 21.7. The van der Waals surface area contributed by atoms with Crippen LogP contribution in [0.15, 0.2) is 30.3 Å². The second-order valence-corrected chi connectivity index (χ2v) is 8.40. The van der Waals surface area contributed by atoms with E-state index in [1.54, 1.807) is 4.90 Å². The van der Waals surface area contributed by atoms with Gasteiger partial charge in [-0.2, -0.15) is 0 Å². The van der Waals surface area contributed by atoms with Gasteiger partial charge in [-0.15, -0.1) is 0 Å². The molecule has 1 saturated carbocycles. The number of benzene rings is 1. The zero-order valence-electron chi connectivity index (χ0n) is 16.0. The summed E-state index contributed by atoms with van der Waals surface area (Å²) >= 11 is 0. The first-order chi connectivity index (χ1) is 12.4. The highest BCUT2D eigenvalue weighted by molar-refractivity contribution is 6.01. The van der Waals surface area contributed by atoms with Crippen molar-refractivity contribution in [2.75, 3.05) is 18.0 Å². The molecule has 2 fully saturated rings. The molecule has 5 nitrogen and oxygen atoms in total. The number of hydrogen-bond acceptors (Lipinski definition) is 4. The number of carbonyl (C=O) groups is 2. The quantitative estimate of drug-likeness (QED) is 0.822. The van der Waals surface area contributed by atoms with E-state index in [1.807, 2.05) is 51.1 Å². The van der Waals surface area contributed by atoms with Crippen LogP contribution >= 0.6 is 0 Å². The summed E-state index contributed by atoms with van der Waals surface area (Å²) in [6.07, 6.45) is 3.74. The summed E-state index contributed by atoms with van der Waals surface area (Å²) in [7, 11) is 0. The zero-order valence-corrected chi connectivity index (χ0v) is 16.0. The maximum absolute atomic E-state index is 13.2. The van der Waals surface area contributed by atoms with Crippen LogP contribution in [0.2, 0.25) is 0 Å². The highest BCUT2D eigenvalue weighted by Gasteiger charge is 2.44. The monoisotopic (exact) mass is 358 g/mol. The van der Waals surface area contributed by atoms with Crippen LogP contribution in [0.5, 0.6) is 0 Å². The Balaban J connectivity index is 1.96. The minimum atomic E-state index is -0.586. The average molecular weight is 358 g/mol. The van der Waals surface area contributed by atoms with Crippen LogP contribution in [-0.4, -0.2) is 36.6 Å². The van der Waals surface area contributed by atoms with Crippen molar-refractivity contribution in [2.45, 2.75) is 58.1 Å². The molecule has 26 heavy (non-hydrogen) atoms. The van der Waals surface area contributed by atoms with Gasteiger partial charge in [0.2, 0.25) is 5.91 Å². The molecule has 1 aliphatic carbocycles. The van der Waals surface area contributed by atoms with Crippen LogP contribution in [0.4, 0.5) is 5.69 Å². The molecule has 2 atom stereocenters. The number of hydrogen-bond donors (Lipinski definition) is 1. The van der Waals surface area contributed by atoms with Crippen LogP contribution in [0.3, 0.4) is 0 Å². The van der Waals surface area contributed by atoms with Crippen LogP contribution < -0.4 is 10.2 Å². The second-order valence-electron chi connectivity index (χ2n) is 8.40. The van der Waals surface area contributed by atoms with E-state index in [0.717, 1.165) is 44.5 Å². The summed E-state index contributed by atoms with van der Waals surface area (Å²) in [5.74, 6) is -0.153. The van der Waals surface area contributed by atoms with Crippen LogP contribution in [0.1, 0.15) is 46.5 Å². The maximum atomic E-state index is 13.2. The molecule has 1 saturated heterocycles. The van der Waals surface area contributed by atoms with Gasteiger partial charge in [0.05, 0.1) is 0 Å². The third-order valence-electron chi connectivity index (χ3n) is 4.91. The second kappa shape index (κ2) is 7.78. The SMILES string of the molecule is CC(C)(C)OC(=O)C(C1CCCNC1)N(C(=O)C1CC1)c1ccccc1. The van der Waals surface area contributed by atoms with E-state index in [-0.39, 0.29) is 23.7 Å². The lowest BCUT2D eigenvalue weighted by atomic mass is 9.89. The van der Waals surface area contributed by atoms with Gasteiger partial charge in [0.15, 0.2) is 0 Å². The van der Waals surface area contributed by atoms with Gasteiger partial charge >= 0.3 is 5.97 Å². The van der Waals surface area contributed by atoms with Gasteiger partial charge in [0.25, 0.3) is 0 Å². The molecule has 1 amide bonds. The topological polar surface area (TPSA) is 58.6 Å². The molecule has 1 aromatic carbocycles. The maximum Gasteiger partial charge on any atom is 0.330 e. The van der Waals surface area contributed by atoms with Crippen molar-refractivity contribution in [3.63, 3.8) is 0 Å². The van der Waals surface area contributed by atoms with Crippen LogP contribution in [0, 0.1) is 11.8 Å². The highest BCUT2D eigenvalue weighted by atomic mass is 16.6. The molecule has 0 radical (unpaired) electrons. The Hall–Kier alpha value is -1.88. The molecule has 2 unspecified atom stereocenters. The molecular formula is C21H30N2O3. The number of esters is 1. The standard InChI is InChI=1S/C21H30N2O3/c1-21(2,3)26-20(25)18(16-8-7-13-22-14-16)23(19(24)15-11-12-15)17-9-5-4-6-10-17/h4-6,9-10,15-16,18,22H,7-8,11-14H2,1-3H3. The molecular weight excluding hydrogens is 328 g/mol. The summed E-state index contributed by atoms with van der Waals surface area (Å²) < 4.78 is 5.75. The van der Waals surface area contributed by atoms with Crippen molar-refractivity contribution in [1.82, 2.24) is 5.32 Å². The number of ether oxygens (including phenoxy) is 1. The summed E-state index contributed by atoms with van der Waals surface area (Å²) in [6, 6.07) is 8.98. The van der Waals surface area contributed by atoms with Gasteiger partial charge in [-0.1, -0.05) is 18.2 Å². The van der Waals surface area contributed by atoms with Crippen LogP contribution in [0.25, 0.3) is 0 Å². The number of nitrogens with zero attached hydrogens (tertiary/aromatic N) is 1. The van der Waals surface area contributed by atoms with E-state index >= 15 is 0 Å². The molecule has 0 spiro atoms. The fourth-order valence-electron chi connectivity index (χ4n) is 3.56. The van der Waals surface area contributed by atoms with Gasteiger partial charge in [0, 0.05) is 24.1 Å². The lowest BCUT2D eigenvalue weighted by molar-refractivity contribution is -0.159. The fourth-order valence-corrected chi connectivity index (χ4v) is 3.56. The predicted octanol–water partition coefficient (Wildman–Crippen LogP) is 3.14. The summed E-state index contributed by atoms with van der Waals surface area (Å²) in [6.45, 7) is 7.30. The van der Waals surface area contributed by atoms with Crippen molar-refractivity contribution in [3.8, 4) is 0 Å². The Morgan fingerprint density at radius 3 is 2.38 bits per heavy atom. The number of anilines is 1. The van der Waals surface area contributed by atoms with Gasteiger partial charge in [-0.05, 0) is 65.1 Å². The first-order valence-electron chi connectivity index (χ1n) is 9.68. The van der Waals surface area contributed by atoms with Crippen LogP contribution in [-0.2, 0) is 14.3 Å². The van der Waals surface area contributed by atoms with E-state index < -0.39 is 11.6 Å². The number of rotatable bonds is 5. The Labute approximate surface area is 156 Å². The van der Waals surface area contributed by atoms with E-state index in [4.69, 9.17) is 4.74 Å². The molecule has 1 aliphatic heterocycles. The first-order valence-corrected chi connectivity index (χ1v) is 9.68. The highest BCUT2D eigenvalue weighted by Crippen LogP contribution is 2.36. The largest absolute Gasteiger partial charge is 0.458 e. The molecule has 0 bridgehead atoms. The van der Waals surface area contributed by atoms with Crippen molar-refractivity contribution in [2.24, 2.45) is 11.8 Å². The van der Waals surface area contributed by atoms with Gasteiger partial charge in [0.1, 0.15) is 11.6 Å². The van der Waals surface area contributed by atoms with Crippen molar-refractivity contribution in [1.29, 1.82) is 0 Å². The number of piperidine rings is 1. The van der Waals surface area contributed by atoms with Crippen molar-refractivity contribution in [3.05, 3.63) is 30.3 Å². The van der Waals surface area contributed by atoms with Gasteiger partial charge in [-0.25, -0.2) is 4.79 Å². The Kier molecular flexibility index (Phi) is 5.66. The smallest absolute Gasteiger partial charge is 0.330 e. The summed E-state index contributed by atoms with van der Waals surface area (Å²) in [5.41, 5.74) is 0.202. The molecule has 0 aromatic heterocycles. The molecule has 2 aliphatic rings. The average Bonchev–Trinajstić information content (AvgIpc) is 3.44. The van der Waals surface area contributed by atoms with E-state index in [0.29, 0.717) is 0 Å². The summed E-state index contributed by atoms with van der Waals surface area (Å²) in [4.78, 5) is 28.1. The molecule has 1 heterocycles. The van der Waals surface area contributed by atoms with Crippen molar-refractivity contribution >= 4 is 17.6 Å². The van der Waals surface area contributed by atoms with Gasteiger partial charge < -0.3 is 10.1 Å².